The SMILES string of the molecule is CC(C)c1n[nH]nc1C(CN)C(=O)O. The minimum absolute atomic E-state index is 0.0294. The molecule has 1 aromatic heterocycles. The van der Waals surface area contributed by atoms with Gasteiger partial charge in [0.05, 0.1) is 5.69 Å². The molecule has 0 aromatic carbocycles. The number of aliphatic carboxylic acids is 1. The summed E-state index contributed by atoms with van der Waals surface area (Å²) in [6.45, 7) is 3.88. The molecule has 1 unspecified atom stereocenters. The van der Waals surface area contributed by atoms with E-state index < -0.39 is 11.9 Å². The van der Waals surface area contributed by atoms with E-state index in [1.54, 1.807) is 0 Å². The van der Waals surface area contributed by atoms with E-state index in [1.165, 1.54) is 0 Å². The molecule has 0 aliphatic rings. The minimum atomic E-state index is -0.969. The Hall–Kier alpha value is -1.43. The third-order valence-corrected chi connectivity index (χ3v) is 2.01. The van der Waals surface area contributed by atoms with Crippen molar-refractivity contribution in [1.82, 2.24) is 15.4 Å². The molecule has 1 heterocycles. The second-order valence-corrected chi connectivity index (χ2v) is 3.38. The standard InChI is InChI=1S/C8H14N4O2/c1-4(2)6-7(11-12-10-6)5(3-9)8(13)14/h4-5H,3,9H2,1-2H3,(H,13,14)(H,10,11,12). The number of rotatable bonds is 4. The van der Waals surface area contributed by atoms with E-state index in [-0.39, 0.29) is 12.5 Å². The maximum Gasteiger partial charge on any atom is 0.314 e. The molecule has 1 rings (SSSR count). The van der Waals surface area contributed by atoms with Crippen molar-refractivity contribution in [2.45, 2.75) is 25.7 Å². The topological polar surface area (TPSA) is 105 Å². The van der Waals surface area contributed by atoms with Crippen molar-refractivity contribution >= 4 is 5.97 Å². The lowest BCUT2D eigenvalue weighted by atomic mass is 9.99. The summed E-state index contributed by atoms with van der Waals surface area (Å²) in [5.74, 6) is -1.61. The molecule has 0 spiro atoms. The Morgan fingerprint density at radius 3 is 2.50 bits per heavy atom. The minimum Gasteiger partial charge on any atom is -0.481 e. The van der Waals surface area contributed by atoms with Gasteiger partial charge in [0.15, 0.2) is 0 Å². The first-order valence-corrected chi connectivity index (χ1v) is 4.41. The third-order valence-electron chi connectivity index (χ3n) is 2.01. The van der Waals surface area contributed by atoms with Gasteiger partial charge in [-0.25, -0.2) is 0 Å². The van der Waals surface area contributed by atoms with Crippen LogP contribution in [0.25, 0.3) is 0 Å². The van der Waals surface area contributed by atoms with Gasteiger partial charge >= 0.3 is 5.97 Å². The number of carboxylic acids is 1. The lowest BCUT2D eigenvalue weighted by Crippen LogP contribution is -2.22. The summed E-state index contributed by atoms with van der Waals surface area (Å²) >= 11 is 0. The van der Waals surface area contributed by atoms with Gasteiger partial charge in [-0.05, 0) is 5.92 Å². The van der Waals surface area contributed by atoms with Crippen LogP contribution in [-0.4, -0.2) is 33.0 Å². The zero-order valence-electron chi connectivity index (χ0n) is 8.19. The van der Waals surface area contributed by atoms with E-state index >= 15 is 0 Å². The van der Waals surface area contributed by atoms with Gasteiger partial charge in [0.2, 0.25) is 0 Å². The van der Waals surface area contributed by atoms with E-state index in [2.05, 4.69) is 15.4 Å². The fourth-order valence-corrected chi connectivity index (χ4v) is 1.26. The van der Waals surface area contributed by atoms with Gasteiger partial charge in [0, 0.05) is 6.54 Å². The van der Waals surface area contributed by atoms with Crippen molar-refractivity contribution in [3.63, 3.8) is 0 Å². The second kappa shape index (κ2) is 4.19. The van der Waals surface area contributed by atoms with Crippen LogP contribution in [0.3, 0.4) is 0 Å². The van der Waals surface area contributed by atoms with Crippen molar-refractivity contribution < 1.29 is 9.90 Å². The van der Waals surface area contributed by atoms with Crippen molar-refractivity contribution in [3.8, 4) is 0 Å². The van der Waals surface area contributed by atoms with Crippen molar-refractivity contribution in [3.05, 3.63) is 11.4 Å². The maximum atomic E-state index is 10.8. The number of aromatic nitrogens is 3. The molecular formula is C8H14N4O2. The summed E-state index contributed by atoms with van der Waals surface area (Å²) in [5, 5.41) is 19.1. The van der Waals surface area contributed by atoms with Gasteiger partial charge in [0.1, 0.15) is 11.6 Å². The number of nitrogens with zero attached hydrogens (tertiary/aromatic N) is 2. The summed E-state index contributed by atoms with van der Waals surface area (Å²) in [7, 11) is 0. The molecule has 78 valence electrons. The molecule has 14 heavy (non-hydrogen) atoms. The second-order valence-electron chi connectivity index (χ2n) is 3.38. The molecule has 0 aliphatic carbocycles. The van der Waals surface area contributed by atoms with Gasteiger partial charge in [-0.15, -0.1) is 0 Å². The zero-order valence-corrected chi connectivity index (χ0v) is 8.19. The van der Waals surface area contributed by atoms with Crippen LogP contribution >= 0.6 is 0 Å². The number of nitrogens with two attached hydrogens (primary N) is 1. The molecule has 0 bridgehead atoms. The average molecular weight is 198 g/mol. The van der Waals surface area contributed by atoms with E-state index in [1.807, 2.05) is 13.8 Å². The molecule has 0 saturated heterocycles. The molecule has 6 nitrogen and oxygen atoms in total. The lowest BCUT2D eigenvalue weighted by Gasteiger charge is -2.09. The first-order valence-electron chi connectivity index (χ1n) is 4.41. The Morgan fingerprint density at radius 1 is 1.50 bits per heavy atom. The highest BCUT2D eigenvalue weighted by Gasteiger charge is 2.25. The van der Waals surface area contributed by atoms with Crippen molar-refractivity contribution in [2.75, 3.05) is 6.54 Å². The molecule has 0 amide bonds. The fraction of sp³-hybridized carbons (Fsp3) is 0.625. The van der Waals surface area contributed by atoms with Crippen LogP contribution in [0.4, 0.5) is 0 Å². The lowest BCUT2D eigenvalue weighted by molar-refractivity contribution is -0.138. The molecule has 0 saturated carbocycles. The average Bonchev–Trinajstić information content (AvgIpc) is 2.53. The first kappa shape index (κ1) is 10.6. The van der Waals surface area contributed by atoms with Crippen LogP contribution in [0, 0.1) is 0 Å². The van der Waals surface area contributed by atoms with Crippen molar-refractivity contribution in [2.24, 2.45) is 5.73 Å². The Morgan fingerprint density at radius 2 is 2.07 bits per heavy atom. The monoisotopic (exact) mass is 198 g/mol. The Labute approximate surface area is 81.5 Å². The summed E-state index contributed by atoms with van der Waals surface area (Å²) in [5.41, 5.74) is 6.48. The molecule has 4 N–H and O–H groups in total. The predicted octanol–water partition coefficient (Wildman–Crippen LogP) is 0.0550. The number of aromatic amines is 1. The smallest absolute Gasteiger partial charge is 0.314 e. The molecule has 0 aliphatic heterocycles. The van der Waals surface area contributed by atoms with Crippen LogP contribution in [0.15, 0.2) is 0 Å². The normalized spacial score (nSPS) is 13.1. The Balaban J connectivity index is 3.03. The van der Waals surface area contributed by atoms with Gasteiger partial charge < -0.3 is 10.8 Å². The van der Waals surface area contributed by atoms with Gasteiger partial charge in [-0.1, -0.05) is 13.8 Å². The van der Waals surface area contributed by atoms with E-state index in [4.69, 9.17) is 10.8 Å². The summed E-state index contributed by atoms with van der Waals surface area (Å²) in [6.07, 6.45) is 0. The largest absolute Gasteiger partial charge is 0.481 e. The highest BCUT2D eigenvalue weighted by Crippen LogP contribution is 2.21. The highest BCUT2D eigenvalue weighted by molar-refractivity contribution is 5.76. The molecule has 1 atom stereocenters. The number of nitrogens with one attached hydrogen (secondary N) is 1. The molecule has 6 heteroatoms. The van der Waals surface area contributed by atoms with Gasteiger partial charge in [-0.3, -0.25) is 4.79 Å². The first-order chi connectivity index (χ1) is 6.57. The molecule has 0 radical (unpaired) electrons. The van der Waals surface area contributed by atoms with Crippen LogP contribution in [0.5, 0.6) is 0 Å². The number of H-pyrrole nitrogens is 1. The van der Waals surface area contributed by atoms with Gasteiger partial charge in [0.25, 0.3) is 0 Å². The Bertz CT molecular complexity index is 321. The highest BCUT2D eigenvalue weighted by atomic mass is 16.4. The van der Waals surface area contributed by atoms with Crippen LogP contribution in [-0.2, 0) is 4.79 Å². The number of hydrogen-bond donors (Lipinski definition) is 3. The maximum absolute atomic E-state index is 10.8. The van der Waals surface area contributed by atoms with E-state index in [9.17, 15) is 4.79 Å². The summed E-state index contributed by atoms with van der Waals surface area (Å²) < 4.78 is 0. The van der Waals surface area contributed by atoms with Crippen molar-refractivity contribution in [1.29, 1.82) is 0 Å². The van der Waals surface area contributed by atoms with E-state index in [0.717, 1.165) is 0 Å². The number of hydrogen-bond acceptors (Lipinski definition) is 4. The predicted molar refractivity (Wildman–Crippen MR) is 49.9 cm³/mol. The Kier molecular flexibility index (Phi) is 3.19. The fourth-order valence-electron chi connectivity index (χ4n) is 1.26. The summed E-state index contributed by atoms with van der Waals surface area (Å²) in [4.78, 5) is 10.8. The zero-order chi connectivity index (χ0) is 10.7. The van der Waals surface area contributed by atoms with E-state index in [0.29, 0.717) is 11.4 Å². The van der Waals surface area contributed by atoms with Gasteiger partial charge in [-0.2, -0.15) is 15.4 Å². The summed E-state index contributed by atoms with van der Waals surface area (Å²) in [6, 6.07) is 0. The van der Waals surface area contributed by atoms with Crippen LogP contribution in [0.2, 0.25) is 0 Å². The molecule has 1 aromatic rings. The van der Waals surface area contributed by atoms with Crippen LogP contribution < -0.4 is 5.73 Å². The third kappa shape index (κ3) is 1.90. The molecular weight excluding hydrogens is 184 g/mol. The number of carbonyl (C=O) groups is 1. The number of carboxylic acid groups (broad SMARTS) is 1. The van der Waals surface area contributed by atoms with Crippen LogP contribution in [0.1, 0.15) is 37.1 Å². The molecule has 0 fully saturated rings. The quantitative estimate of drug-likeness (QED) is 0.634.